The van der Waals surface area contributed by atoms with E-state index in [0.29, 0.717) is 12.5 Å². The number of carbonyl (C=O) groups is 2. The highest BCUT2D eigenvalue weighted by molar-refractivity contribution is 9.10. The van der Waals surface area contributed by atoms with E-state index in [0.717, 1.165) is 11.0 Å². The van der Waals surface area contributed by atoms with E-state index < -0.39 is 23.6 Å². The summed E-state index contributed by atoms with van der Waals surface area (Å²) >= 11 is 3.03. The largest absolute Gasteiger partial charge is 0.345 e. The van der Waals surface area contributed by atoms with Crippen molar-refractivity contribution < 1.29 is 18.4 Å². The van der Waals surface area contributed by atoms with Crippen molar-refractivity contribution in [3.63, 3.8) is 0 Å². The number of amides is 2. The second kappa shape index (κ2) is 5.24. The molecule has 0 spiro atoms. The minimum atomic E-state index is -0.881. The number of benzene rings is 1. The lowest BCUT2D eigenvalue weighted by atomic mass is 10.1. The first kappa shape index (κ1) is 13.9. The molecular formula is C12H11BrF2N2O2. The third-order valence-corrected chi connectivity index (χ3v) is 3.51. The molecule has 1 fully saturated rings. The van der Waals surface area contributed by atoms with E-state index in [1.54, 1.807) is 6.92 Å². The highest BCUT2D eigenvalue weighted by Crippen LogP contribution is 2.33. The smallest absolute Gasteiger partial charge is 0.247 e. The molecule has 1 unspecified atom stereocenters. The van der Waals surface area contributed by atoms with E-state index in [-0.39, 0.29) is 22.6 Å². The SMILES string of the molecule is CCC1C(=O)NCC(=O)N1c1c(F)cc(F)cc1Br. The van der Waals surface area contributed by atoms with Crippen LogP contribution in [0.25, 0.3) is 0 Å². The van der Waals surface area contributed by atoms with Crippen LogP contribution in [0.3, 0.4) is 0 Å². The van der Waals surface area contributed by atoms with Crippen LogP contribution >= 0.6 is 15.9 Å². The molecule has 1 aliphatic heterocycles. The first-order valence-electron chi connectivity index (χ1n) is 5.70. The molecule has 2 amide bonds. The summed E-state index contributed by atoms with van der Waals surface area (Å²) < 4.78 is 27.1. The molecule has 1 N–H and O–H groups in total. The summed E-state index contributed by atoms with van der Waals surface area (Å²) in [6.07, 6.45) is 0.334. The maximum Gasteiger partial charge on any atom is 0.247 e. The molecule has 1 aliphatic rings. The molecule has 2 rings (SSSR count). The third-order valence-electron chi connectivity index (χ3n) is 2.91. The normalized spacial score (nSPS) is 19.6. The molecule has 1 heterocycles. The Bertz CT molecular complexity index is 528. The van der Waals surface area contributed by atoms with Crippen LogP contribution in [0.2, 0.25) is 0 Å². The highest BCUT2D eigenvalue weighted by Gasteiger charge is 2.36. The van der Waals surface area contributed by atoms with Crippen LogP contribution in [0.15, 0.2) is 16.6 Å². The zero-order valence-electron chi connectivity index (χ0n) is 10.0. The number of carbonyl (C=O) groups excluding carboxylic acids is 2. The fraction of sp³-hybridized carbons (Fsp3) is 0.333. The topological polar surface area (TPSA) is 49.4 Å². The Morgan fingerprint density at radius 3 is 2.68 bits per heavy atom. The van der Waals surface area contributed by atoms with Crippen molar-refractivity contribution in [2.45, 2.75) is 19.4 Å². The lowest BCUT2D eigenvalue weighted by Crippen LogP contribution is -2.58. The molecule has 7 heteroatoms. The first-order chi connectivity index (χ1) is 8.95. The first-order valence-corrected chi connectivity index (χ1v) is 6.49. The quantitative estimate of drug-likeness (QED) is 0.900. The lowest BCUT2D eigenvalue weighted by molar-refractivity contribution is -0.131. The maximum atomic E-state index is 13.9. The van der Waals surface area contributed by atoms with Gasteiger partial charge in [-0.2, -0.15) is 0 Å². The molecule has 1 aromatic carbocycles. The summed E-state index contributed by atoms with van der Waals surface area (Å²) in [7, 11) is 0. The number of nitrogens with zero attached hydrogens (tertiary/aromatic N) is 1. The van der Waals surface area contributed by atoms with Gasteiger partial charge >= 0.3 is 0 Å². The van der Waals surface area contributed by atoms with Gasteiger partial charge in [0.05, 0.1) is 12.2 Å². The number of hydrogen-bond donors (Lipinski definition) is 1. The van der Waals surface area contributed by atoms with Gasteiger partial charge in [0.15, 0.2) is 5.82 Å². The molecule has 0 aliphatic carbocycles. The molecule has 1 saturated heterocycles. The van der Waals surface area contributed by atoms with Crippen LogP contribution in [-0.2, 0) is 9.59 Å². The minimum absolute atomic E-state index is 0.103. The van der Waals surface area contributed by atoms with Gasteiger partial charge in [-0.25, -0.2) is 8.78 Å². The van der Waals surface area contributed by atoms with Crippen molar-refractivity contribution >= 4 is 33.4 Å². The van der Waals surface area contributed by atoms with Crippen LogP contribution in [0.5, 0.6) is 0 Å². The summed E-state index contributed by atoms with van der Waals surface area (Å²) in [6.45, 7) is 1.52. The highest BCUT2D eigenvalue weighted by atomic mass is 79.9. The van der Waals surface area contributed by atoms with Gasteiger partial charge in [0.1, 0.15) is 11.9 Å². The summed E-state index contributed by atoms with van der Waals surface area (Å²) in [5.41, 5.74) is -0.104. The molecule has 102 valence electrons. The van der Waals surface area contributed by atoms with Gasteiger partial charge in [0.25, 0.3) is 0 Å². The van der Waals surface area contributed by atoms with E-state index >= 15 is 0 Å². The molecule has 0 aromatic heterocycles. The average Bonchev–Trinajstić information content (AvgIpc) is 2.32. The van der Waals surface area contributed by atoms with Crippen LogP contribution < -0.4 is 10.2 Å². The lowest BCUT2D eigenvalue weighted by Gasteiger charge is -2.35. The Hall–Kier alpha value is -1.50. The van der Waals surface area contributed by atoms with Crippen molar-refractivity contribution in [2.24, 2.45) is 0 Å². The number of halogens is 3. The van der Waals surface area contributed by atoms with Crippen LogP contribution in [0, 0.1) is 11.6 Å². The summed E-state index contributed by atoms with van der Waals surface area (Å²) in [5.74, 6) is -2.42. The van der Waals surface area contributed by atoms with Crippen LogP contribution in [0.1, 0.15) is 13.3 Å². The third kappa shape index (κ3) is 2.47. The molecule has 0 radical (unpaired) electrons. The zero-order valence-corrected chi connectivity index (χ0v) is 11.6. The van der Waals surface area contributed by atoms with Gasteiger partial charge in [-0.1, -0.05) is 6.92 Å². The van der Waals surface area contributed by atoms with Crippen LogP contribution in [-0.4, -0.2) is 24.4 Å². The Balaban J connectivity index is 2.54. The summed E-state index contributed by atoms with van der Waals surface area (Å²) in [4.78, 5) is 24.7. The second-order valence-corrected chi connectivity index (χ2v) is 4.98. The van der Waals surface area contributed by atoms with Gasteiger partial charge in [-0.3, -0.25) is 14.5 Å². The van der Waals surface area contributed by atoms with E-state index in [4.69, 9.17) is 0 Å². The molecule has 1 atom stereocenters. The monoisotopic (exact) mass is 332 g/mol. The van der Waals surface area contributed by atoms with E-state index in [1.807, 2.05) is 0 Å². The number of piperazine rings is 1. The molecule has 0 saturated carbocycles. The van der Waals surface area contributed by atoms with Crippen molar-refractivity contribution in [1.82, 2.24) is 5.32 Å². The molecular weight excluding hydrogens is 322 g/mol. The Kier molecular flexibility index (Phi) is 3.84. The fourth-order valence-corrected chi connectivity index (χ4v) is 2.67. The van der Waals surface area contributed by atoms with Crippen molar-refractivity contribution in [2.75, 3.05) is 11.4 Å². The maximum absolute atomic E-state index is 13.9. The van der Waals surface area contributed by atoms with Crippen LogP contribution in [0.4, 0.5) is 14.5 Å². The Labute approximate surface area is 116 Å². The summed E-state index contributed by atoms with van der Waals surface area (Å²) in [5, 5.41) is 2.44. The predicted molar refractivity (Wildman–Crippen MR) is 68.6 cm³/mol. The van der Waals surface area contributed by atoms with Crippen molar-refractivity contribution in [3.05, 3.63) is 28.2 Å². The molecule has 19 heavy (non-hydrogen) atoms. The second-order valence-electron chi connectivity index (χ2n) is 4.12. The van der Waals surface area contributed by atoms with E-state index in [2.05, 4.69) is 21.2 Å². The fourth-order valence-electron chi connectivity index (χ4n) is 2.07. The average molecular weight is 333 g/mol. The van der Waals surface area contributed by atoms with E-state index in [9.17, 15) is 18.4 Å². The molecule has 4 nitrogen and oxygen atoms in total. The Morgan fingerprint density at radius 1 is 1.42 bits per heavy atom. The van der Waals surface area contributed by atoms with Gasteiger partial charge in [0.2, 0.25) is 11.8 Å². The van der Waals surface area contributed by atoms with Gasteiger partial charge < -0.3 is 5.32 Å². The van der Waals surface area contributed by atoms with Crippen molar-refractivity contribution in [3.8, 4) is 0 Å². The van der Waals surface area contributed by atoms with Gasteiger partial charge in [-0.05, 0) is 28.4 Å². The number of anilines is 1. The molecule has 0 bridgehead atoms. The number of hydrogen-bond acceptors (Lipinski definition) is 2. The zero-order chi connectivity index (χ0) is 14.2. The van der Waals surface area contributed by atoms with Gasteiger partial charge in [0, 0.05) is 10.5 Å². The number of nitrogens with one attached hydrogen (secondary N) is 1. The number of rotatable bonds is 2. The predicted octanol–water partition coefficient (Wildman–Crippen LogP) is 1.97. The van der Waals surface area contributed by atoms with Crippen molar-refractivity contribution in [1.29, 1.82) is 0 Å². The summed E-state index contributed by atoms with van der Waals surface area (Å²) in [6, 6.07) is 0.954. The molecule has 1 aromatic rings. The Morgan fingerprint density at radius 2 is 2.11 bits per heavy atom. The standard InChI is InChI=1S/C12H11BrF2N2O2/c1-2-9-12(19)16-5-10(18)17(9)11-7(13)3-6(14)4-8(11)15/h3-4,9H,2,5H2,1H3,(H,16,19). The minimum Gasteiger partial charge on any atom is -0.345 e. The van der Waals surface area contributed by atoms with Gasteiger partial charge in [-0.15, -0.1) is 0 Å². The van der Waals surface area contributed by atoms with E-state index in [1.165, 1.54) is 0 Å².